The first kappa shape index (κ1) is 22.3. The Balaban J connectivity index is 2.40. The summed E-state index contributed by atoms with van der Waals surface area (Å²) in [5, 5.41) is 12.7. The molecule has 2 amide bonds. The Bertz CT molecular complexity index is 795. The maximum absolute atomic E-state index is 12.5. The van der Waals surface area contributed by atoms with Crippen LogP contribution in [0.15, 0.2) is 30.0 Å². The van der Waals surface area contributed by atoms with E-state index in [2.05, 4.69) is 26.1 Å². The minimum Gasteiger partial charge on any atom is -0.480 e. The molecule has 1 aromatic rings. The van der Waals surface area contributed by atoms with Crippen LogP contribution in [-0.2, 0) is 16.8 Å². The van der Waals surface area contributed by atoms with E-state index in [-0.39, 0.29) is 17.9 Å². The second kappa shape index (κ2) is 8.16. The first-order valence-electron chi connectivity index (χ1n) is 9.65. The van der Waals surface area contributed by atoms with E-state index in [1.54, 1.807) is 6.20 Å². The summed E-state index contributed by atoms with van der Waals surface area (Å²) in [6.07, 6.45) is 3.59. The molecule has 6 heteroatoms. The van der Waals surface area contributed by atoms with Gasteiger partial charge < -0.3 is 10.4 Å². The quantitative estimate of drug-likeness (QED) is 0.683. The van der Waals surface area contributed by atoms with Crippen molar-refractivity contribution in [2.75, 3.05) is 6.54 Å². The summed E-state index contributed by atoms with van der Waals surface area (Å²) < 4.78 is 0. The molecule has 1 atom stereocenters. The molecule has 5 nitrogen and oxygen atoms in total. The topological polar surface area (TPSA) is 69.6 Å². The van der Waals surface area contributed by atoms with Gasteiger partial charge in [-0.25, -0.2) is 4.79 Å². The van der Waals surface area contributed by atoms with Gasteiger partial charge in [0.2, 0.25) is 0 Å². The largest absolute Gasteiger partial charge is 0.480 e. The number of carboxylic acids is 1. The molecule has 0 bridgehead atoms. The lowest BCUT2D eigenvalue weighted by Crippen LogP contribution is -2.55. The van der Waals surface area contributed by atoms with E-state index in [0.717, 1.165) is 29.5 Å². The molecular formula is C22H31ClN2O3. The van der Waals surface area contributed by atoms with Gasteiger partial charge in [0, 0.05) is 11.2 Å². The van der Waals surface area contributed by atoms with Gasteiger partial charge in [0.25, 0.3) is 0 Å². The predicted molar refractivity (Wildman–Crippen MR) is 112 cm³/mol. The van der Waals surface area contributed by atoms with E-state index < -0.39 is 17.5 Å². The number of carbonyl (C=O) groups excluding carboxylic acids is 1. The van der Waals surface area contributed by atoms with Crippen molar-refractivity contribution >= 4 is 23.6 Å². The molecule has 0 unspecified atom stereocenters. The summed E-state index contributed by atoms with van der Waals surface area (Å²) >= 11 is 6.58. The lowest BCUT2D eigenvalue weighted by molar-refractivity contribution is -0.137. The molecule has 0 radical (unpaired) electrons. The number of halogens is 1. The number of rotatable bonds is 6. The van der Waals surface area contributed by atoms with Crippen molar-refractivity contribution in [3.8, 4) is 0 Å². The molecule has 0 fully saturated rings. The molecule has 154 valence electrons. The van der Waals surface area contributed by atoms with Gasteiger partial charge in [0.05, 0.1) is 5.54 Å². The summed E-state index contributed by atoms with van der Waals surface area (Å²) in [4.78, 5) is 24.8. The number of aliphatic carboxylic acids is 1. The fourth-order valence-electron chi connectivity index (χ4n) is 3.51. The SMILES string of the molecule is CC(C)C1=CN(CC(=O)O)C(=O)N[C@@]1(C)c1ccc(CCC(C)(C)C)c(Cl)c1. The summed E-state index contributed by atoms with van der Waals surface area (Å²) in [5.74, 6) is -0.939. The third kappa shape index (κ3) is 5.07. The molecule has 0 saturated carbocycles. The Labute approximate surface area is 172 Å². The molecule has 0 aromatic heterocycles. The van der Waals surface area contributed by atoms with E-state index in [9.17, 15) is 9.59 Å². The molecule has 1 aliphatic heterocycles. The standard InChI is InChI=1S/C22H31ClN2O3/c1-14(2)17-12-25(13-19(26)27)20(28)24-22(17,6)16-8-7-15(18(23)11-16)9-10-21(3,4)5/h7-8,11-12,14H,9-10,13H2,1-6H3,(H,24,28)(H,26,27)/t22-/m0/s1. The number of benzene rings is 1. The summed E-state index contributed by atoms with van der Waals surface area (Å²) in [6, 6.07) is 5.53. The minimum atomic E-state index is -1.05. The van der Waals surface area contributed by atoms with Gasteiger partial charge in [-0.05, 0) is 53.9 Å². The zero-order valence-electron chi connectivity index (χ0n) is 17.6. The third-order valence-corrected chi connectivity index (χ3v) is 5.54. The molecule has 0 spiro atoms. The molecule has 1 heterocycles. The van der Waals surface area contributed by atoms with Crippen LogP contribution in [0.5, 0.6) is 0 Å². The number of aryl methyl sites for hydroxylation is 1. The maximum atomic E-state index is 12.5. The Hall–Kier alpha value is -2.01. The molecule has 1 aliphatic rings. The first-order valence-corrected chi connectivity index (χ1v) is 10.0. The van der Waals surface area contributed by atoms with E-state index >= 15 is 0 Å². The Morgan fingerprint density at radius 1 is 1.32 bits per heavy atom. The lowest BCUT2D eigenvalue weighted by atomic mass is 9.78. The highest BCUT2D eigenvalue weighted by atomic mass is 35.5. The van der Waals surface area contributed by atoms with Crippen molar-refractivity contribution in [1.82, 2.24) is 10.2 Å². The molecule has 2 N–H and O–H groups in total. The van der Waals surface area contributed by atoms with Crippen LogP contribution in [0.4, 0.5) is 4.79 Å². The zero-order valence-corrected chi connectivity index (χ0v) is 18.4. The Kier molecular flexibility index (Phi) is 6.49. The summed E-state index contributed by atoms with van der Waals surface area (Å²) in [5.41, 5.74) is 2.40. The van der Waals surface area contributed by atoms with Crippen molar-refractivity contribution in [1.29, 1.82) is 0 Å². The number of urea groups is 1. The van der Waals surface area contributed by atoms with Gasteiger partial charge in [-0.15, -0.1) is 0 Å². The van der Waals surface area contributed by atoms with Crippen LogP contribution in [0.3, 0.4) is 0 Å². The molecule has 0 saturated heterocycles. The minimum absolute atomic E-state index is 0.112. The molecule has 2 rings (SSSR count). The second-order valence-corrected chi connectivity index (χ2v) is 9.59. The molecule has 28 heavy (non-hydrogen) atoms. The number of nitrogens with one attached hydrogen (secondary N) is 1. The van der Waals surface area contributed by atoms with E-state index in [4.69, 9.17) is 16.7 Å². The summed E-state index contributed by atoms with van der Waals surface area (Å²) in [6.45, 7) is 12.2. The van der Waals surface area contributed by atoms with Crippen molar-refractivity contribution < 1.29 is 14.7 Å². The van der Waals surface area contributed by atoms with Crippen LogP contribution in [0.1, 0.15) is 59.1 Å². The van der Waals surface area contributed by atoms with Gasteiger partial charge in [-0.1, -0.05) is 58.4 Å². The van der Waals surface area contributed by atoms with Crippen LogP contribution in [0, 0.1) is 11.3 Å². The lowest BCUT2D eigenvalue weighted by Gasteiger charge is -2.42. The highest BCUT2D eigenvalue weighted by Gasteiger charge is 2.40. The number of carbonyl (C=O) groups is 2. The van der Waals surface area contributed by atoms with Crippen LogP contribution in [0.2, 0.25) is 5.02 Å². The predicted octanol–water partition coefficient (Wildman–Crippen LogP) is 5.18. The number of carboxylic acid groups (broad SMARTS) is 1. The van der Waals surface area contributed by atoms with Crippen LogP contribution < -0.4 is 5.32 Å². The van der Waals surface area contributed by atoms with Gasteiger partial charge >= 0.3 is 12.0 Å². The summed E-state index contributed by atoms with van der Waals surface area (Å²) in [7, 11) is 0. The van der Waals surface area contributed by atoms with Crippen molar-refractivity contribution in [2.24, 2.45) is 11.3 Å². The molecule has 0 aliphatic carbocycles. The fraction of sp³-hybridized carbons (Fsp3) is 0.545. The van der Waals surface area contributed by atoms with E-state index in [0.29, 0.717) is 5.02 Å². The van der Waals surface area contributed by atoms with Gasteiger partial charge in [0.15, 0.2) is 0 Å². The van der Waals surface area contributed by atoms with Crippen molar-refractivity contribution in [3.05, 3.63) is 46.1 Å². The van der Waals surface area contributed by atoms with Gasteiger partial charge in [0.1, 0.15) is 6.54 Å². The van der Waals surface area contributed by atoms with E-state index in [1.807, 2.05) is 39.0 Å². The van der Waals surface area contributed by atoms with Crippen LogP contribution in [0.25, 0.3) is 0 Å². The van der Waals surface area contributed by atoms with Gasteiger partial charge in [-0.2, -0.15) is 0 Å². The average Bonchev–Trinajstić information content (AvgIpc) is 2.54. The number of nitrogens with zero attached hydrogens (tertiary/aromatic N) is 1. The highest BCUT2D eigenvalue weighted by molar-refractivity contribution is 6.31. The normalized spacial score (nSPS) is 20.2. The average molecular weight is 407 g/mol. The Morgan fingerprint density at radius 2 is 1.96 bits per heavy atom. The highest BCUT2D eigenvalue weighted by Crippen LogP contribution is 2.38. The fourth-order valence-corrected chi connectivity index (χ4v) is 3.79. The smallest absolute Gasteiger partial charge is 0.323 e. The van der Waals surface area contributed by atoms with Crippen LogP contribution >= 0.6 is 11.6 Å². The van der Waals surface area contributed by atoms with Crippen LogP contribution in [-0.4, -0.2) is 28.6 Å². The maximum Gasteiger partial charge on any atom is 0.323 e. The van der Waals surface area contributed by atoms with Crippen molar-refractivity contribution in [2.45, 2.75) is 59.9 Å². The van der Waals surface area contributed by atoms with Crippen molar-refractivity contribution in [3.63, 3.8) is 0 Å². The van der Waals surface area contributed by atoms with Gasteiger partial charge in [-0.3, -0.25) is 9.69 Å². The molecule has 1 aromatic carbocycles. The number of hydrogen-bond donors (Lipinski definition) is 2. The monoisotopic (exact) mass is 406 g/mol. The number of hydrogen-bond acceptors (Lipinski definition) is 2. The Morgan fingerprint density at radius 3 is 2.46 bits per heavy atom. The molecular weight excluding hydrogens is 376 g/mol. The first-order chi connectivity index (χ1) is 12.8. The van der Waals surface area contributed by atoms with E-state index in [1.165, 1.54) is 4.90 Å². The number of amides is 2. The second-order valence-electron chi connectivity index (χ2n) is 9.18. The zero-order chi connectivity index (χ0) is 21.3. The third-order valence-electron chi connectivity index (χ3n) is 5.19.